The van der Waals surface area contributed by atoms with E-state index in [4.69, 9.17) is 0 Å². The molecule has 0 aliphatic heterocycles. The Kier molecular flexibility index (Phi) is 5.69. The van der Waals surface area contributed by atoms with E-state index >= 15 is 0 Å². The maximum absolute atomic E-state index is 12.5. The van der Waals surface area contributed by atoms with Gasteiger partial charge in [0.05, 0.1) is 6.04 Å². The smallest absolute Gasteiger partial charge is 0.237 e. The van der Waals surface area contributed by atoms with Crippen LogP contribution in [0.2, 0.25) is 0 Å². The zero-order chi connectivity index (χ0) is 18.5. The predicted octanol–water partition coefficient (Wildman–Crippen LogP) is 4.50. The Labute approximate surface area is 155 Å². The van der Waals surface area contributed by atoms with Gasteiger partial charge in [-0.2, -0.15) is 0 Å². The molecular weight excluding hydrogens is 320 g/mol. The van der Waals surface area contributed by atoms with Gasteiger partial charge in [-0.3, -0.25) is 10.1 Å². The van der Waals surface area contributed by atoms with Crippen LogP contribution in [0.1, 0.15) is 36.6 Å². The lowest BCUT2D eigenvalue weighted by molar-refractivity contribution is -0.123. The number of carbonyl (C=O) groups excluding carboxylic acids is 1. The SMILES string of the molecule is Cc1ccccc1CNC(=O)C(C)NC(C)c1cccc2ccccc12. The van der Waals surface area contributed by atoms with Gasteiger partial charge < -0.3 is 5.32 Å². The summed E-state index contributed by atoms with van der Waals surface area (Å²) in [6, 6.07) is 22.6. The van der Waals surface area contributed by atoms with Gasteiger partial charge in [0.2, 0.25) is 5.91 Å². The largest absolute Gasteiger partial charge is 0.351 e. The zero-order valence-electron chi connectivity index (χ0n) is 15.6. The molecule has 2 atom stereocenters. The highest BCUT2D eigenvalue weighted by molar-refractivity contribution is 5.86. The third-order valence-corrected chi connectivity index (χ3v) is 4.90. The van der Waals surface area contributed by atoms with Crippen molar-refractivity contribution >= 4 is 16.7 Å². The van der Waals surface area contributed by atoms with E-state index in [0.717, 1.165) is 5.56 Å². The normalized spacial score (nSPS) is 13.3. The lowest BCUT2D eigenvalue weighted by atomic mass is 9.99. The fourth-order valence-corrected chi connectivity index (χ4v) is 3.31. The van der Waals surface area contributed by atoms with Crippen LogP contribution in [0.3, 0.4) is 0 Å². The number of amides is 1. The first kappa shape index (κ1) is 18.2. The number of hydrogen-bond acceptors (Lipinski definition) is 2. The molecule has 26 heavy (non-hydrogen) atoms. The molecule has 0 aliphatic rings. The van der Waals surface area contributed by atoms with E-state index in [1.807, 2.05) is 31.2 Å². The predicted molar refractivity (Wildman–Crippen MR) is 108 cm³/mol. The number of carbonyl (C=O) groups is 1. The van der Waals surface area contributed by atoms with Gasteiger partial charge in [0.15, 0.2) is 0 Å². The second kappa shape index (κ2) is 8.15. The third-order valence-electron chi connectivity index (χ3n) is 4.90. The van der Waals surface area contributed by atoms with E-state index in [1.165, 1.54) is 21.9 Å². The Morgan fingerprint density at radius 3 is 2.42 bits per heavy atom. The number of hydrogen-bond donors (Lipinski definition) is 2. The standard InChI is InChI=1S/C23H26N2O/c1-16-9-4-5-11-20(16)15-24-23(26)18(3)25-17(2)21-14-8-12-19-10-6-7-13-22(19)21/h4-14,17-18,25H,15H2,1-3H3,(H,24,26). The number of fused-ring (bicyclic) bond motifs is 1. The fraction of sp³-hybridized carbons (Fsp3) is 0.261. The van der Waals surface area contributed by atoms with Gasteiger partial charge in [0.25, 0.3) is 0 Å². The summed E-state index contributed by atoms with van der Waals surface area (Å²) in [5, 5.41) is 8.90. The highest BCUT2D eigenvalue weighted by atomic mass is 16.2. The van der Waals surface area contributed by atoms with Gasteiger partial charge in [-0.15, -0.1) is 0 Å². The lowest BCUT2D eigenvalue weighted by Crippen LogP contribution is -2.42. The molecule has 3 heteroatoms. The molecule has 0 radical (unpaired) electrons. The van der Waals surface area contributed by atoms with Crippen LogP contribution in [-0.4, -0.2) is 11.9 Å². The zero-order valence-corrected chi connectivity index (χ0v) is 15.6. The van der Waals surface area contributed by atoms with Crippen LogP contribution < -0.4 is 10.6 Å². The Morgan fingerprint density at radius 2 is 1.62 bits per heavy atom. The van der Waals surface area contributed by atoms with E-state index in [-0.39, 0.29) is 18.0 Å². The fourth-order valence-electron chi connectivity index (χ4n) is 3.31. The minimum Gasteiger partial charge on any atom is -0.351 e. The molecule has 3 nitrogen and oxygen atoms in total. The van der Waals surface area contributed by atoms with Gasteiger partial charge in [-0.05, 0) is 48.2 Å². The van der Waals surface area contributed by atoms with Crippen LogP contribution in [0.5, 0.6) is 0 Å². The summed E-state index contributed by atoms with van der Waals surface area (Å²) in [7, 11) is 0. The Bertz CT molecular complexity index is 898. The second-order valence-electron chi connectivity index (χ2n) is 6.82. The lowest BCUT2D eigenvalue weighted by Gasteiger charge is -2.21. The van der Waals surface area contributed by atoms with Gasteiger partial charge in [0, 0.05) is 12.6 Å². The van der Waals surface area contributed by atoms with E-state index in [9.17, 15) is 4.79 Å². The average molecular weight is 346 g/mol. The summed E-state index contributed by atoms with van der Waals surface area (Å²) in [6.45, 7) is 6.63. The molecule has 134 valence electrons. The molecule has 0 saturated carbocycles. The highest BCUT2D eigenvalue weighted by Crippen LogP contribution is 2.24. The molecule has 3 aromatic carbocycles. The summed E-state index contributed by atoms with van der Waals surface area (Å²) < 4.78 is 0. The van der Waals surface area contributed by atoms with Crippen molar-refractivity contribution in [1.82, 2.24) is 10.6 Å². The number of aryl methyl sites for hydroxylation is 1. The minimum atomic E-state index is -0.270. The van der Waals surface area contributed by atoms with Gasteiger partial charge in [-0.1, -0.05) is 66.7 Å². The summed E-state index contributed by atoms with van der Waals surface area (Å²) in [6.07, 6.45) is 0. The van der Waals surface area contributed by atoms with E-state index in [2.05, 4.69) is 66.9 Å². The van der Waals surface area contributed by atoms with Crippen LogP contribution in [-0.2, 0) is 11.3 Å². The van der Waals surface area contributed by atoms with Crippen LogP contribution in [0.4, 0.5) is 0 Å². The molecule has 1 amide bonds. The molecule has 0 aromatic heterocycles. The molecule has 3 rings (SSSR count). The summed E-state index contributed by atoms with van der Waals surface area (Å²) in [4.78, 5) is 12.5. The van der Waals surface area contributed by atoms with E-state index in [1.54, 1.807) is 0 Å². The molecule has 0 fully saturated rings. The quantitative estimate of drug-likeness (QED) is 0.690. The number of rotatable bonds is 6. The molecule has 2 unspecified atom stereocenters. The van der Waals surface area contributed by atoms with Gasteiger partial charge in [-0.25, -0.2) is 0 Å². The Hall–Kier alpha value is -2.65. The monoisotopic (exact) mass is 346 g/mol. The molecule has 0 bridgehead atoms. The first-order valence-corrected chi connectivity index (χ1v) is 9.12. The van der Waals surface area contributed by atoms with Crippen molar-refractivity contribution in [3.8, 4) is 0 Å². The maximum Gasteiger partial charge on any atom is 0.237 e. The van der Waals surface area contributed by atoms with Gasteiger partial charge in [0.1, 0.15) is 0 Å². The molecular formula is C23H26N2O. The van der Waals surface area contributed by atoms with Crippen molar-refractivity contribution < 1.29 is 4.79 Å². The van der Waals surface area contributed by atoms with E-state index < -0.39 is 0 Å². The highest BCUT2D eigenvalue weighted by Gasteiger charge is 2.17. The minimum absolute atomic E-state index is 0.0142. The maximum atomic E-state index is 12.5. The van der Waals surface area contributed by atoms with E-state index in [0.29, 0.717) is 6.54 Å². The van der Waals surface area contributed by atoms with Crippen molar-refractivity contribution in [2.24, 2.45) is 0 Å². The third kappa shape index (κ3) is 4.12. The molecule has 0 aliphatic carbocycles. The first-order valence-electron chi connectivity index (χ1n) is 9.12. The van der Waals surface area contributed by atoms with Crippen molar-refractivity contribution in [1.29, 1.82) is 0 Å². The molecule has 0 heterocycles. The topological polar surface area (TPSA) is 41.1 Å². The molecule has 0 saturated heterocycles. The van der Waals surface area contributed by atoms with Crippen LogP contribution >= 0.6 is 0 Å². The van der Waals surface area contributed by atoms with Crippen molar-refractivity contribution in [3.05, 3.63) is 83.4 Å². The summed E-state index contributed by atoms with van der Waals surface area (Å²) in [5.41, 5.74) is 3.55. The van der Waals surface area contributed by atoms with Crippen molar-refractivity contribution in [2.45, 2.75) is 39.4 Å². The number of benzene rings is 3. The van der Waals surface area contributed by atoms with Crippen LogP contribution in [0.25, 0.3) is 10.8 Å². The molecule has 2 N–H and O–H groups in total. The van der Waals surface area contributed by atoms with Crippen molar-refractivity contribution in [2.75, 3.05) is 0 Å². The Balaban J connectivity index is 1.64. The summed E-state index contributed by atoms with van der Waals surface area (Å²) in [5.74, 6) is 0.0142. The van der Waals surface area contributed by atoms with Crippen LogP contribution in [0, 0.1) is 6.92 Å². The average Bonchev–Trinajstić information content (AvgIpc) is 2.66. The van der Waals surface area contributed by atoms with Gasteiger partial charge >= 0.3 is 0 Å². The number of nitrogens with one attached hydrogen (secondary N) is 2. The summed E-state index contributed by atoms with van der Waals surface area (Å²) >= 11 is 0. The molecule has 0 spiro atoms. The van der Waals surface area contributed by atoms with Crippen LogP contribution in [0.15, 0.2) is 66.7 Å². The molecule has 3 aromatic rings. The van der Waals surface area contributed by atoms with Crippen molar-refractivity contribution in [3.63, 3.8) is 0 Å². The Morgan fingerprint density at radius 1 is 0.923 bits per heavy atom. The first-order chi connectivity index (χ1) is 12.6. The second-order valence-corrected chi connectivity index (χ2v) is 6.82.